The van der Waals surface area contributed by atoms with Gasteiger partial charge in [0.15, 0.2) is 6.04 Å². The lowest BCUT2D eigenvalue weighted by atomic mass is 10.1. The number of hydrogen-bond donors (Lipinski definition) is 3. The van der Waals surface area contributed by atoms with Crippen LogP contribution in [0.4, 0.5) is 8.78 Å². The molecule has 0 aromatic carbocycles. The molecule has 1 atom stereocenters. The number of carbonyl (C=O) groups is 2. The smallest absolute Gasteiger partial charge is 0.376 e. The Bertz CT molecular complexity index is 193. The molecule has 0 unspecified atom stereocenters. The lowest BCUT2D eigenvalue weighted by Gasteiger charge is -2.14. The van der Waals surface area contributed by atoms with E-state index >= 15 is 0 Å². The third kappa shape index (κ3) is 1.84. The summed E-state index contributed by atoms with van der Waals surface area (Å²) in [6, 6.07) is -2.71. The van der Waals surface area contributed by atoms with Crippen molar-refractivity contribution in [2.24, 2.45) is 5.73 Å². The van der Waals surface area contributed by atoms with Gasteiger partial charge in [-0.25, -0.2) is 4.79 Å². The van der Waals surface area contributed by atoms with Crippen LogP contribution in [0, 0.1) is 0 Å². The van der Waals surface area contributed by atoms with E-state index in [0.29, 0.717) is 0 Å². The average Bonchev–Trinajstić information content (AvgIpc) is 1.85. The summed E-state index contributed by atoms with van der Waals surface area (Å²) in [5.41, 5.74) is 4.36. The Labute approximate surface area is 59.4 Å². The van der Waals surface area contributed by atoms with Gasteiger partial charge in [0.25, 0.3) is 0 Å². The zero-order valence-electron chi connectivity index (χ0n) is 5.12. The fourth-order valence-electron chi connectivity index (χ4n) is 0.288. The van der Waals surface area contributed by atoms with Gasteiger partial charge >= 0.3 is 17.9 Å². The summed E-state index contributed by atoms with van der Waals surface area (Å²) in [5.74, 6) is -9.03. The van der Waals surface area contributed by atoms with Crippen LogP contribution in [-0.2, 0) is 9.59 Å². The molecule has 0 aliphatic rings. The third-order valence-corrected chi connectivity index (χ3v) is 0.942. The molecule has 5 nitrogen and oxygen atoms in total. The van der Waals surface area contributed by atoms with Gasteiger partial charge < -0.3 is 15.9 Å². The molecule has 0 aromatic rings. The molecule has 0 radical (unpaired) electrons. The Balaban J connectivity index is 4.55. The fraction of sp³-hybridized carbons (Fsp3) is 0.500. The maximum absolute atomic E-state index is 12.1. The van der Waals surface area contributed by atoms with E-state index in [1.165, 1.54) is 0 Å². The van der Waals surface area contributed by atoms with Gasteiger partial charge in [0.1, 0.15) is 0 Å². The van der Waals surface area contributed by atoms with E-state index in [2.05, 4.69) is 5.73 Å². The Hall–Kier alpha value is -1.24. The van der Waals surface area contributed by atoms with E-state index in [-0.39, 0.29) is 0 Å². The van der Waals surface area contributed by atoms with Crippen molar-refractivity contribution in [3.05, 3.63) is 0 Å². The van der Waals surface area contributed by atoms with Crippen LogP contribution in [-0.4, -0.2) is 34.1 Å². The van der Waals surface area contributed by atoms with Crippen molar-refractivity contribution >= 4 is 11.9 Å². The SMILES string of the molecule is N[C@@H](C(=O)O)C(F)(F)C(=O)O. The quantitative estimate of drug-likeness (QED) is 0.509. The van der Waals surface area contributed by atoms with E-state index in [1.54, 1.807) is 0 Å². The molecule has 0 spiro atoms. The minimum Gasteiger partial charge on any atom is -0.480 e. The van der Waals surface area contributed by atoms with Crippen molar-refractivity contribution in [3.63, 3.8) is 0 Å². The lowest BCUT2D eigenvalue weighted by Crippen LogP contribution is -2.51. The lowest BCUT2D eigenvalue weighted by molar-refractivity contribution is -0.174. The van der Waals surface area contributed by atoms with Crippen LogP contribution in [0.15, 0.2) is 0 Å². The van der Waals surface area contributed by atoms with Gasteiger partial charge in [-0.05, 0) is 0 Å². The topological polar surface area (TPSA) is 101 Å². The highest BCUT2D eigenvalue weighted by atomic mass is 19.3. The maximum atomic E-state index is 12.1. The van der Waals surface area contributed by atoms with E-state index in [4.69, 9.17) is 10.2 Å². The molecule has 0 aromatic heterocycles. The summed E-state index contributed by atoms with van der Waals surface area (Å²) in [4.78, 5) is 19.5. The second-order valence-corrected chi connectivity index (χ2v) is 1.74. The predicted octanol–water partition coefficient (Wildman–Crippen LogP) is -0.882. The first-order chi connectivity index (χ1) is 4.80. The van der Waals surface area contributed by atoms with Gasteiger partial charge in [0, 0.05) is 0 Å². The van der Waals surface area contributed by atoms with Gasteiger partial charge in [0.2, 0.25) is 0 Å². The first kappa shape index (κ1) is 9.76. The minimum atomic E-state index is -4.42. The maximum Gasteiger partial charge on any atom is 0.376 e. The fourth-order valence-corrected chi connectivity index (χ4v) is 0.288. The molecule has 0 saturated carbocycles. The van der Waals surface area contributed by atoms with E-state index < -0.39 is 23.9 Å². The highest BCUT2D eigenvalue weighted by Crippen LogP contribution is 2.17. The molecule has 11 heavy (non-hydrogen) atoms. The van der Waals surface area contributed by atoms with E-state index in [9.17, 15) is 18.4 Å². The standard InChI is InChI=1S/C4H5F2NO4/c5-4(6,3(10)11)1(7)2(8)9/h1H,7H2,(H,8,9)(H,10,11)/t1-/m0/s1. The molecule has 0 aliphatic carbocycles. The molecule has 0 heterocycles. The van der Waals surface area contributed by atoms with Gasteiger partial charge in [-0.1, -0.05) is 0 Å². The van der Waals surface area contributed by atoms with Crippen LogP contribution in [0.1, 0.15) is 0 Å². The number of halogens is 2. The first-order valence-corrected chi connectivity index (χ1v) is 2.39. The molecule has 0 bridgehead atoms. The summed E-state index contributed by atoms with van der Waals surface area (Å²) in [6.45, 7) is 0. The summed E-state index contributed by atoms with van der Waals surface area (Å²) < 4.78 is 24.2. The zero-order chi connectivity index (χ0) is 9.23. The van der Waals surface area contributed by atoms with Crippen LogP contribution >= 0.6 is 0 Å². The van der Waals surface area contributed by atoms with Crippen molar-refractivity contribution < 1.29 is 28.6 Å². The molecule has 0 fully saturated rings. The summed E-state index contributed by atoms with van der Waals surface area (Å²) in [7, 11) is 0. The number of rotatable bonds is 3. The van der Waals surface area contributed by atoms with Gasteiger partial charge in [-0.3, -0.25) is 4.79 Å². The average molecular weight is 169 g/mol. The Kier molecular flexibility index (Phi) is 2.47. The summed E-state index contributed by atoms with van der Waals surface area (Å²) in [5, 5.41) is 15.7. The number of alkyl halides is 2. The monoisotopic (exact) mass is 169 g/mol. The van der Waals surface area contributed by atoms with Crippen LogP contribution in [0.2, 0.25) is 0 Å². The molecule has 4 N–H and O–H groups in total. The zero-order valence-corrected chi connectivity index (χ0v) is 5.12. The van der Waals surface area contributed by atoms with Gasteiger partial charge in [0.05, 0.1) is 0 Å². The molecular weight excluding hydrogens is 164 g/mol. The molecular formula is C4H5F2NO4. The van der Waals surface area contributed by atoms with Crippen LogP contribution in [0.3, 0.4) is 0 Å². The molecule has 0 aliphatic heterocycles. The Morgan fingerprint density at radius 2 is 1.73 bits per heavy atom. The van der Waals surface area contributed by atoms with Gasteiger partial charge in [-0.15, -0.1) is 0 Å². The molecule has 7 heteroatoms. The number of carboxylic acid groups (broad SMARTS) is 2. The van der Waals surface area contributed by atoms with Crippen molar-refractivity contribution in [3.8, 4) is 0 Å². The number of hydrogen-bond acceptors (Lipinski definition) is 3. The molecule has 64 valence electrons. The van der Waals surface area contributed by atoms with E-state index in [0.717, 1.165) is 0 Å². The Morgan fingerprint density at radius 1 is 1.36 bits per heavy atom. The van der Waals surface area contributed by atoms with Crippen LogP contribution in [0.25, 0.3) is 0 Å². The van der Waals surface area contributed by atoms with Crippen LogP contribution < -0.4 is 5.73 Å². The van der Waals surface area contributed by atoms with Crippen molar-refractivity contribution in [2.45, 2.75) is 12.0 Å². The Morgan fingerprint density at radius 3 is 1.82 bits per heavy atom. The van der Waals surface area contributed by atoms with Crippen molar-refractivity contribution in [1.82, 2.24) is 0 Å². The summed E-state index contributed by atoms with van der Waals surface area (Å²) >= 11 is 0. The normalized spacial score (nSPS) is 14.1. The third-order valence-electron chi connectivity index (χ3n) is 0.942. The second-order valence-electron chi connectivity index (χ2n) is 1.74. The predicted molar refractivity (Wildman–Crippen MR) is 28.2 cm³/mol. The largest absolute Gasteiger partial charge is 0.480 e. The number of aliphatic carboxylic acids is 2. The highest BCUT2D eigenvalue weighted by Gasteiger charge is 2.49. The first-order valence-electron chi connectivity index (χ1n) is 2.39. The second kappa shape index (κ2) is 2.79. The summed E-state index contributed by atoms with van der Waals surface area (Å²) in [6.07, 6.45) is 0. The number of carboxylic acids is 2. The van der Waals surface area contributed by atoms with Gasteiger partial charge in [-0.2, -0.15) is 8.78 Å². The minimum absolute atomic E-state index is 2.06. The molecule has 0 rings (SSSR count). The highest BCUT2D eigenvalue weighted by molar-refractivity contribution is 5.86. The van der Waals surface area contributed by atoms with Crippen LogP contribution in [0.5, 0.6) is 0 Å². The van der Waals surface area contributed by atoms with E-state index in [1.807, 2.05) is 0 Å². The molecule has 0 amide bonds. The molecule has 0 saturated heterocycles. The van der Waals surface area contributed by atoms with Crippen molar-refractivity contribution in [1.29, 1.82) is 0 Å². The van der Waals surface area contributed by atoms with Crippen molar-refractivity contribution in [2.75, 3.05) is 0 Å². The number of nitrogens with two attached hydrogens (primary N) is 1.